The molecule has 0 atom stereocenters. The number of benzene rings is 2. The highest BCUT2D eigenvalue weighted by Crippen LogP contribution is 2.20. The Morgan fingerprint density at radius 2 is 1.57 bits per heavy atom. The largest absolute Gasteiger partial charge is 0.490 e. The first-order valence-electron chi connectivity index (χ1n) is 11.5. The van der Waals surface area contributed by atoms with Crippen LogP contribution in [0.25, 0.3) is 0 Å². The molecule has 0 aliphatic carbocycles. The zero-order chi connectivity index (χ0) is 21.0. The van der Waals surface area contributed by atoms with Crippen LogP contribution in [0.5, 0.6) is 5.75 Å². The Morgan fingerprint density at radius 1 is 0.900 bits per heavy atom. The van der Waals surface area contributed by atoms with Crippen LogP contribution in [0.3, 0.4) is 0 Å². The van der Waals surface area contributed by atoms with Gasteiger partial charge < -0.3 is 14.4 Å². The Kier molecular flexibility index (Phi) is 9.90. The van der Waals surface area contributed by atoms with Gasteiger partial charge in [-0.25, -0.2) is 0 Å². The number of ether oxygens (including phenoxy) is 2. The fraction of sp³-hybridized carbons (Fsp3) is 0.520. The second kappa shape index (κ2) is 12.9. The van der Waals surface area contributed by atoms with E-state index in [2.05, 4.69) is 65.3 Å². The van der Waals surface area contributed by atoms with Crippen molar-refractivity contribution >= 4 is 15.4 Å². The molecule has 2 fully saturated rings. The minimum atomic E-state index is 0.383. The first-order chi connectivity index (χ1) is 14.7. The SMILES string of the molecule is CCCN1CCC(Oc2ccc(CN3CCOCC3)cc2)CC1.[SiH3]c1ccccc1. The van der Waals surface area contributed by atoms with E-state index in [1.165, 1.54) is 47.0 Å². The van der Waals surface area contributed by atoms with Crippen molar-refractivity contribution in [1.82, 2.24) is 9.80 Å². The molecule has 2 heterocycles. The van der Waals surface area contributed by atoms with Crippen LogP contribution < -0.4 is 9.92 Å². The molecule has 0 bridgehead atoms. The molecule has 4 rings (SSSR count). The van der Waals surface area contributed by atoms with Crippen molar-refractivity contribution in [2.24, 2.45) is 0 Å². The molecule has 2 saturated heterocycles. The van der Waals surface area contributed by atoms with Gasteiger partial charge in [0.25, 0.3) is 0 Å². The first kappa shape index (κ1) is 23.0. The van der Waals surface area contributed by atoms with Crippen LogP contribution in [-0.2, 0) is 11.3 Å². The summed E-state index contributed by atoms with van der Waals surface area (Å²) in [7, 11) is 1.17. The van der Waals surface area contributed by atoms with E-state index in [4.69, 9.17) is 9.47 Å². The predicted molar refractivity (Wildman–Crippen MR) is 129 cm³/mol. The Hall–Kier alpha value is -1.66. The molecule has 2 aromatic rings. The summed E-state index contributed by atoms with van der Waals surface area (Å²) in [6, 6.07) is 19.2. The van der Waals surface area contributed by atoms with Gasteiger partial charge >= 0.3 is 0 Å². The molecule has 0 saturated carbocycles. The summed E-state index contributed by atoms with van der Waals surface area (Å²) in [4.78, 5) is 4.99. The maximum absolute atomic E-state index is 6.17. The van der Waals surface area contributed by atoms with Gasteiger partial charge in [0.1, 0.15) is 11.9 Å². The molecule has 164 valence electrons. The van der Waals surface area contributed by atoms with Gasteiger partial charge in [0, 0.05) is 43.0 Å². The van der Waals surface area contributed by atoms with Crippen molar-refractivity contribution in [2.75, 3.05) is 45.9 Å². The molecule has 0 spiro atoms. The number of likely N-dealkylation sites (tertiary alicyclic amines) is 1. The molecular weight excluding hydrogens is 388 g/mol. The van der Waals surface area contributed by atoms with Gasteiger partial charge in [-0.3, -0.25) is 4.90 Å². The quantitative estimate of drug-likeness (QED) is 0.663. The standard InChI is InChI=1S/C19H30N2O2.C6H8Si/c1-2-9-20-10-7-19(8-11-20)23-18-5-3-17(4-6-18)16-21-12-14-22-15-13-21;7-6-4-2-1-3-5-6/h3-6,19H,2,7-16H2,1H3;1-5H,7H3. The Balaban J connectivity index is 0.000000310. The van der Waals surface area contributed by atoms with Crippen molar-refractivity contribution in [3.63, 3.8) is 0 Å². The summed E-state index contributed by atoms with van der Waals surface area (Å²) in [5, 5.41) is 1.46. The summed E-state index contributed by atoms with van der Waals surface area (Å²) in [6.07, 6.45) is 3.93. The maximum Gasteiger partial charge on any atom is 0.119 e. The lowest BCUT2D eigenvalue weighted by atomic mass is 10.1. The predicted octanol–water partition coefficient (Wildman–Crippen LogP) is 2.45. The van der Waals surface area contributed by atoms with E-state index >= 15 is 0 Å². The van der Waals surface area contributed by atoms with E-state index in [0.717, 1.165) is 51.4 Å². The lowest BCUT2D eigenvalue weighted by Crippen LogP contribution is -2.38. The number of hydrogen-bond donors (Lipinski definition) is 0. The monoisotopic (exact) mass is 426 g/mol. The third-order valence-corrected chi connectivity index (χ3v) is 6.42. The first-order valence-corrected chi connectivity index (χ1v) is 12.5. The van der Waals surface area contributed by atoms with Crippen molar-refractivity contribution in [2.45, 2.75) is 38.8 Å². The summed E-state index contributed by atoms with van der Waals surface area (Å²) in [5.41, 5.74) is 1.36. The zero-order valence-corrected chi connectivity index (χ0v) is 20.8. The minimum Gasteiger partial charge on any atom is -0.490 e. The lowest BCUT2D eigenvalue weighted by Gasteiger charge is -2.32. The van der Waals surface area contributed by atoms with Gasteiger partial charge in [0.05, 0.1) is 13.2 Å². The second-order valence-corrected chi connectivity index (χ2v) is 9.50. The van der Waals surface area contributed by atoms with E-state index < -0.39 is 0 Å². The average Bonchev–Trinajstić information content (AvgIpc) is 2.78. The smallest absolute Gasteiger partial charge is 0.119 e. The normalized spacial score (nSPS) is 18.6. The van der Waals surface area contributed by atoms with Gasteiger partial charge in [-0.05, 0) is 43.5 Å². The number of nitrogens with zero attached hydrogens (tertiary/aromatic N) is 2. The highest BCUT2D eigenvalue weighted by atomic mass is 28.1. The molecular formula is C25H38N2O2Si. The molecule has 0 aromatic heterocycles. The molecule has 5 heteroatoms. The van der Waals surface area contributed by atoms with E-state index in [0.29, 0.717) is 6.10 Å². The maximum atomic E-state index is 6.17. The molecule has 0 unspecified atom stereocenters. The molecule has 2 aromatic carbocycles. The van der Waals surface area contributed by atoms with Crippen LogP contribution >= 0.6 is 0 Å². The Morgan fingerprint density at radius 3 is 2.13 bits per heavy atom. The van der Waals surface area contributed by atoms with Crippen LogP contribution in [0.2, 0.25) is 0 Å². The number of hydrogen-bond acceptors (Lipinski definition) is 4. The molecule has 0 N–H and O–H groups in total. The number of morpholine rings is 1. The van der Waals surface area contributed by atoms with Crippen LogP contribution in [0, 0.1) is 0 Å². The van der Waals surface area contributed by atoms with Crippen LogP contribution in [0.4, 0.5) is 0 Å². The van der Waals surface area contributed by atoms with Crippen molar-refractivity contribution in [1.29, 1.82) is 0 Å². The highest BCUT2D eigenvalue weighted by molar-refractivity contribution is 6.32. The van der Waals surface area contributed by atoms with Gasteiger partial charge in [0.15, 0.2) is 0 Å². The zero-order valence-electron chi connectivity index (χ0n) is 18.8. The van der Waals surface area contributed by atoms with E-state index in [9.17, 15) is 0 Å². The summed E-state index contributed by atoms with van der Waals surface area (Å²) >= 11 is 0. The summed E-state index contributed by atoms with van der Waals surface area (Å²) < 4.78 is 11.6. The van der Waals surface area contributed by atoms with Gasteiger partial charge in [-0.15, -0.1) is 0 Å². The average molecular weight is 427 g/mol. The molecule has 4 nitrogen and oxygen atoms in total. The van der Waals surface area contributed by atoms with E-state index in [1.807, 2.05) is 6.07 Å². The van der Waals surface area contributed by atoms with Gasteiger partial charge in [0.2, 0.25) is 0 Å². The summed E-state index contributed by atoms with van der Waals surface area (Å²) in [6.45, 7) is 10.6. The van der Waals surface area contributed by atoms with Crippen LogP contribution in [0.15, 0.2) is 54.6 Å². The van der Waals surface area contributed by atoms with Crippen LogP contribution in [-0.4, -0.2) is 72.1 Å². The number of piperidine rings is 1. The molecule has 0 radical (unpaired) electrons. The minimum absolute atomic E-state index is 0.383. The van der Waals surface area contributed by atoms with E-state index in [1.54, 1.807) is 0 Å². The van der Waals surface area contributed by atoms with E-state index in [-0.39, 0.29) is 0 Å². The van der Waals surface area contributed by atoms with Crippen LogP contribution in [0.1, 0.15) is 31.7 Å². The van der Waals surface area contributed by atoms with Gasteiger partial charge in [-0.2, -0.15) is 0 Å². The Bertz CT molecular complexity index is 697. The third-order valence-electron chi connectivity index (χ3n) is 5.75. The highest BCUT2D eigenvalue weighted by Gasteiger charge is 2.19. The fourth-order valence-electron chi connectivity index (χ4n) is 3.98. The van der Waals surface area contributed by atoms with Gasteiger partial charge in [-0.1, -0.05) is 54.6 Å². The molecule has 2 aliphatic rings. The number of rotatable bonds is 6. The van der Waals surface area contributed by atoms with Crippen molar-refractivity contribution in [3.8, 4) is 5.75 Å². The second-order valence-electron chi connectivity index (χ2n) is 8.35. The van der Waals surface area contributed by atoms with Crippen molar-refractivity contribution in [3.05, 3.63) is 60.2 Å². The Labute approximate surface area is 185 Å². The lowest BCUT2D eigenvalue weighted by molar-refractivity contribution is 0.0341. The molecule has 2 aliphatic heterocycles. The molecule has 30 heavy (non-hydrogen) atoms. The molecule has 0 amide bonds. The summed E-state index contributed by atoms with van der Waals surface area (Å²) in [5.74, 6) is 1.02. The topological polar surface area (TPSA) is 24.9 Å². The fourth-order valence-corrected chi connectivity index (χ4v) is 4.37. The van der Waals surface area contributed by atoms with Crippen molar-refractivity contribution < 1.29 is 9.47 Å². The third kappa shape index (κ3) is 8.23.